The first-order valence-electron chi connectivity index (χ1n) is 10.7. The van der Waals surface area contributed by atoms with Crippen molar-refractivity contribution >= 4 is 23.2 Å². The molecule has 0 aromatic heterocycles. The Kier molecular flexibility index (Phi) is 6.35. The Labute approximate surface area is 179 Å². The molecule has 2 aliphatic heterocycles. The van der Waals surface area contributed by atoms with E-state index in [4.69, 9.17) is 16.3 Å². The van der Waals surface area contributed by atoms with E-state index in [-0.39, 0.29) is 5.91 Å². The molecule has 6 nitrogen and oxygen atoms in total. The number of nitrogens with zero attached hydrogens (tertiary/aromatic N) is 3. The molecule has 160 valence electrons. The number of anilines is 1. The maximum absolute atomic E-state index is 12.7. The van der Waals surface area contributed by atoms with Gasteiger partial charge in [0.15, 0.2) is 0 Å². The summed E-state index contributed by atoms with van der Waals surface area (Å²) in [4.78, 5) is 19.4. The van der Waals surface area contributed by atoms with E-state index in [0.717, 1.165) is 44.3 Å². The van der Waals surface area contributed by atoms with Gasteiger partial charge in [-0.1, -0.05) is 11.6 Å². The van der Waals surface area contributed by atoms with Crippen molar-refractivity contribution in [3.63, 3.8) is 0 Å². The molecule has 1 saturated carbocycles. The fourth-order valence-corrected chi connectivity index (χ4v) is 5.19. The first kappa shape index (κ1) is 20.9. The van der Waals surface area contributed by atoms with Crippen LogP contribution in [-0.4, -0.2) is 88.3 Å². The zero-order valence-corrected chi connectivity index (χ0v) is 18.4. The Hall–Kier alpha value is -1.34. The Morgan fingerprint density at radius 1 is 1.28 bits per heavy atom. The van der Waals surface area contributed by atoms with Gasteiger partial charge in [-0.2, -0.15) is 0 Å². The largest absolute Gasteiger partial charge is 0.385 e. The van der Waals surface area contributed by atoms with Gasteiger partial charge in [0.05, 0.1) is 10.6 Å². The molecule has 3 fully saturated rings. The third-order valence-corrected chi connectivity index (χ3v) is 7.22. The second-order valence-electron chi connectivity index (χ2n) is 8.93. The number of carbonyl (C=O) groups excluding carboxylic acids is 1. The Balaban J connectivity index is 1.29. The minimum atomic E-state index is -0.0353. The lowest BCUT2D eigenvalue weighted by Gasteiger charge is -2.58. The van der Waals surface area contributed by atoms with Gasteiger partial charge in [-0.15, -0.1) is 0 Å². The third-order valence-electron chi connectivity index (χ3n) is 6.90. The summed E-state index contributed by atoms with van der Waals surface area (Å²) in [6.45, 7) is 7.98. The van der Waals surface area contributed by atoms with Crippen LogP contribution in [0.2, 0.25) is 5.02 Å². The summed E-state index contributed by atoms with van der Waals surface area (Å²) in [6, 6.07) is 6.64. The van der Waals surface area contributed by atoms with Gasteiger partial charge in [-0.3, -0.25) is 9.69 Å². The Bertz CT molecular complexity index is 724. The van der Waals surface area contributed by atoms with E-state index in [9.17, 15) is 4.79 Å². The summed E-state index contributed by atoms with van der Waals surface area (Å²) in [5.74, 6) is -0.0353. The van der Waals surface area contributed by atoms with E-state index in [2.05, 4.69) is 15.1 Å². The summed E-state index contributed by atoms with van der Waals surface area (Å²) >= 11 is 6.50. The first-order valence-corrected chi connectivity index (χ1v) is 11.1. The molecule has 0 atom stereocenters. The minimum Gasteiger partial charge on any atom is -0.385 e. The van der Waals surface area contributed by atoms with Crippen molar-refractivity contribution in [2.24, 2.45) is 5.41 Å². The lowest BCUT2D eigenvalue weighted by Crippen LogP contribution is -2.66. The predicted molar refractivity (Wildman–Crippen MR) is 117 cm³/mol. The number of ether oxygens (including phenoxy) is 1. The molecule has 1 N–H and O–H groups in total. The highest BCUT2D eigenvalue weighted by Crippen LogP contribution is 2.46. The Morgan fingerprint density at radius 3 is 2.59 bits per heavy atom. The molecule has 7 heteroatoms. The fraction of sp³-hybridized carbons (Fsp3) is 0.682. The van der Waals surface area contributed by atoms with Gasteiger partial charge in [0.1, 0.15) is 0 Å². The SMILES string of the molecule is COCCCN(C)C(=O)c1ccc(N2CCN(C3CC4(CNC4)C3)CC2)cc1Cl. The van der Waals surface area contributed by atoms with E-state index in [1.165, 1.54) is 25.9 Å². The average Bonchev–Trinajstić information content (AvgIpc) is 2.66. The summed E-state index contributed by atoms with van der Waals surface area (Å²) < 4.78 is 5.06. The molecule has 0 radical (unpaired) electrons. The number of hydrogen-bond acceptors (Lipinski definition) is 5. The highest BCUT2D eigenvalue weighted by Gasteiger charge is 2.50. The number of hydrogen-bond donors (Lipinski definition) is 1. The van der Waals surface area contributed by atoms with Gasteiger partial charge in [0, 0.05) is 78.3 Å². The molecule has 2 heterocycles. The van der Waals surface area contributed by atoms with E-state index in [0.29, 0.717) is 29.2 Å². The van der Waals surface area contributed by atoms with Gasteiger partial charge in [0.2, 0.25) is 0 Å². The fourth-order valence-electron chi connectivity index (χ4n) is 4.94. The number of nitrogens with one attached hydrogen (secondary N) is 1. The number of rotatable bonds is 7. The molecule has 29 heavy (non-hydrogen) atoms. The number of benzene rings is 1. The summed E-state index contributed by atoms with van der Waals surface area (Å²) in [6.07, 6.45) is 3.54. The topological polar surface area (TPSA) is 48.1 Å². The lowest BCUT2D eigenvalue weighted by atomic mass is 9.61. The summed E-state index contributed by atoms with van der Waals surface area (Å²) in [5.41, 5.74) is 2.32. The van der Waals surface area contributed by atoms with Crippen LogP contribution in [0.5, 0.6) is 0 Å². The second kappa shape index (κ2) is 8.80. The van der Waals surface area contributed by atoms with Crippen LogP contribution in [0.1, 0.15) is 29.6 Å². The normalized spacial score (nSPS) is 21.7. The quantitative estimate of drug-likeness (QED) is 0.686. The van der Waals surface area contributed by atoms with Crippen molar-refractivity contribution < 1.29 is 9.53 Å². The van der Waals surface area contributed by atoms with Crippen LogP contribution in [0, 0.1) is 5.41 Å². The molecule has 3 aliphatic rings. The van der Waals surface area contributed by atoms with E-state index < -0.39 is 0 Å². The van der Waals surface area contributed by atoms with Gasteiger partial charge in [-0.25, -0.2) is 0 Å². The highest BCUT2D eigenvalue weighted by molar-refractivity contribution is 6.34. The van der Waals surface area contributed by atoms with Gasteiger partial charge in [-0.05, 0) is 42.9 Å². The van der Waals surface area contributed by atoms with Crippen LogP contribution in [0.4, 0.5) is 5.69 Å². The monoisotopic (exact) mass is 420 g/mol. The van der Waals surface area contributed by atoms with E-state index in [1.807, 2.05) is 25.2 Å². The predicted octanol–water partition coefficient (Wildman–Crippen LogP) is 2.32. The van der Waals surface area contributed by atoms with Crippen LogP contribution >= 0.6 is 11.6 Å². The van der Waals surface area contributed by atoms with Gasteiger partial charge in [0.25, 0.3) is 5.91 Å². The first-order chi connectivity index (χ1) is 14.0. The molecule has 1 aromatic rings. The number of methoxy groups -OCH3 is 1. The zero-order valence-electron chi connectivity index (χ0n) is 17.6. The van der Waals surface area contributed by atoms with Gasteiger partial charge >= 0.3 is 0 Å². The van der Waals surface area contributed by atoms with Crippen LogP contribution in [0.3, 0.4) is 0 Å². The van der Waals surface area contributed by atoms with Crippen molar-refractivity contribution in [1.29, 1.82) is 0 Å². The van der Waals surface area contributed by atoms with Crippen molar-refractivity contribution in [2.75, 3.05) is 71.5 Å². The van der Waals surface area contributed by atoms with Gasteiger partial charge < -0.3 is 19.9 Å². The van der Waals surface area contributed by atoms with Crippen LogP contribution in [0.25, 0.3) is 0 Å². The van der Waals surface area contributed by atoms with E-state index in [1.54, 1.807) is 12.0 Å². The number of carbonyl (C=O) groups is 1. The Morgan fingerprint density at radius 2 is 2.00 bits per heavy atom. The molecule has 2 saturated heterocycles. The molecule has 0 bridgehead atoms. The number of halogens is 1. The molecule has 1 amide bonds. The van der Waals surface area contributed by atoms with E-state index >= 15 is 0 Å². The maximum Gasteiger partial charge on any atom is 0.255 e. The minimum absolute atomic E-state index is 0.0353. The second-order valence-corrected chi connectivity index (χ2v) is 9.33. The standard InChI is InChI=1S/C22H33ClN4O2/c1-25(6-3-11-29-2)21(28)19-5-4-17(12-20(19)23)26-7-9-27(10-8-26)18-13-22(14-18)15-24-16-22/h4-5,12,18,24H,3,6-11,13-16H2,1-2H3. The van der Waals surface area contributed by atoms with Crippen LogP contribution < -0.4 is 10.2 Å². The highest BCUT2D eigenvalue weighted by atomic mass is 35.5. The van der Waals surface area contributed by atoms with Crippen molar-refractivity contribution in [3.8, 4) is 0 Å². The van der Waals surface area contributed by atoms with Crippen molar-refractivity contribution in [2.45, 2.75) is 25.3 Å². The number of amides is 1. The molecular weight excluding hydrogens is 388 g/mol. The average molecular weight is 421 g/mol. The molecule has 1 aliphatic carbocycles. The number of piperazine rings is 1. The molecular formula is C22H33ClN4O2. The lowest BCUT2D eigenvalue weighted by molar-refractivity contribution is -0.0373. The maximum atomic E-state index is 12.7. The summed E-state index contributed by atoms with van der Waals surface area (Å²) in [7, 11) is 3.48. The third kappa shape index (κ3) is 4.41. The van der Waals surface area contributed by atoms with Crippen molar-refractivity contribution in [3.05, 3.63) is 28.8 Å². The molecule has 0 unspecified atom stereocenters. The summed E-state index contributed by atoms with van der Waals surface area (Å²) in [5, 5.41) is 3.96. The van der Waals surface area contributed by atoms with Crippen LogP contribution in [-0.2, 0) is 4.74 Å². The molecule has 4 rings (SSSR count). The zero-order chi connectivity index (χ0) is 20.4. The smallest absolute Gasteiger partial charge is 0.255 e. The molecule has 1 spiro atoms. The van der Waals surface area contributed by atoms with Crippen LogP contribution in [0.15, 0.2) is 18.2 Å². The molecule has 1 aromatic carbocycles. The van der Waals surface area contributed by atoms with Crippen molar-refractivity contribution in [1.82, 2.24) is 15.1 Å².